The number of hydrogen-bond acceptors (Lipinski definition) is 3. The van der Waals surface area contributed by atoms with Gasteiger partial charge in [-0.15, -0.1) is 0 Å². The highest BCUT2D eigenvalue weighted by Crippen LogP contribution is 2.10. The Labute approximate surface area is 181 Å². The number of rotatable bonds is 14. The van der Waals surface area contributed by atoms with E-state index in [4.69, 9.17) is 5.11 Å². The normalized spacial score (nSPS) is 11.6. The monoisotopic (exact) mass is 502 g/mol. The highest BCUT2D eigenvalue weighted by Gasteiger charge is 2.18. The summed E-state index contributed by atoms with van der Waals surface area (Å²) in [5.74, 6) is -1.20. The Bertz CT molecular complexity index is 619. The number of carbonyl (C=O) groups is 3. The van der Waals surface area contributed by atoms with Crippen LogP contribution in [0.1, 0.15) is 63.9 Å². The molecule has 1 aromatic carbocycles. The fourth-order valence-electron chi connectivity index (χ4n) is 2.81. The van der Waals surface area contributed by atoms with Crippen molar-refractivity contribution in [1.82, 2.24) is 10.6 Å². The van der Waals surface area contributed by atoms with Crippen molar-refractivity contribution in [2.24, 2.45) is 0 Å². The van der Waals surface area contributed by atoms with Crippen LogP contribution in [0.3, 0.4) is 0 Å². The summed E-state index contributed by atoms with van der Waals surface area (Å²) in [6.45, 7) is 2.41. The number of halogens is 1. The van der Waals surface area contributed by atoms with Gasteiger partial charge < -0.3 is 15.7 Å². The Morgan fingerprint density at radius 3 is 2.36 bits per heavy atom. The maximum absolute atomic E-state index is 11.9. The SMILES string of the molecule is CCCC(=O)N[C@@H](CCCCNC(=O)CCCCc1ccc(I)cc1)C(=O)O. The first-order valence-electron chi connectivity index (χ1n) is 9.95. The van der Waals surface area contributed by atoms with Crippen LogP contribution in [0.4, 0.5) is 0 Å². The van der Waals surface area contributed by atoms with Crippen molar-refractivity contribution in [3.05, 3.63) is 33.4 Å². The third-order valence-electron chi connectivity index (χ3n) is 4.38. The Hall–Kier alpha value is -1.64. The Balaban J connectivity index is 2.09. The second-order valence-corrected chi connectivity index (χ2v) is 8.13. The van der Waals surface area contributed by atoms with Gasteiger partial charge in [0.15, 0.2) is 0 Å². The van der Waals surface area contributed by atoms with Gasteiger partial charge in [-0.2, -0.15) is 0 Å². The van der Waals surface area contributed by atoms with Gasteiger partial charge >= 0.3 is 5.97 Å². The van der Waals surface area contributed by atoms with E-state index in [9.17, 15) is 14.4 Å². The van der Waals surface area contributed by atoms with E-state index in [1.807, 2.05) is 6.92 Å². The molecule has 2 amide bonds. The first-order chi connectivity index (χ1) is 13.4. The molecule has 0 unspecified atom stereocenters. The van der Waals surface area contributed by atoms with Crippen molar-refractivity contribution >= 4 is 40.4 Å². The number of carboxylic acids is 1. The van der Waals surface area contributed by atoms with Crippen LogP contribution < -0.4 is 10.6 Å². The Kier molecular flexibility index (Phi) is 12.5. The lowest BCUT2D eigenvalue weighted by Crippen LogP contribution is -2.40. The summed E-state index contributed by atoms with van der Waals surface area (Å²) < 4.78 is 1.22. The van der Waals surface area contributed by atoms with Crippen molar-refractivity contribution in [2.75, 3.05) is 6.54 Å². The second kappa shape index (κ2) is 14.4. The van der Waals surface area contributed by atoms with E-state index in [1.165, 1.54) is 9.13 Å². The number of benzene rings is 1. The summed E-state index contributed by atoms with van der Waals surface area (Å²) in [6.07, 6.45) is 6.04. The molecule has 0 fully saturated rings. The van der Waals surface area contributed by atoms with Crippen LogP contribution in [0.25, 0.3) is 0 Å². The van der Waals surface area contributed by atoms with Gasteiger partial charge in [-0.3, -0.25) is 9.59 Å². The highest BCUT2D eigenvalue weighted by atomic mass is 127. The van der Waals surface area contributed by atoms with Crippen LogP contribution in [-0.4, -0.2) is 35.5 Å². The lowest BCUT2D eigenvalue weighted by molar-refractivity contribution is -0.142. The molecule has 0 aromatic heterocycles. The third kappa shape index (κ3) is 11.3. The molecule has 0 aliphatic carbocycles. The number of carboxylic acid groups (broad SMARTS) is 1. The molecule has 0 aliphatic heterocycles. The molecule has 0 radical (unpaired) electrons. The largest absolute Gasteiger partial charge is 0.480 e. The molecule has 0 heterocycles. The zero-order valence-electron chi connectivity index (χ0n) is 16.5. The molecule has 28 heavy (non-hydrogen) atoms. The van der Waals surface area contributed by atoms with Crippen molar-refractivity contribution in [2.45, 2.75) is 70.8 Å². The van der Waals surface area contributed by atoms with Gasteiger partial charge in [-0.1, -0.05) is 19.1 Å². The molecule has 7 heteroatoms. The van der Waals surface area contributed by atoms with Gasteiger partial charge in [0.2, 0.25) is 11.8 Å². The van der Waals surface area contributed by atoms with Crippen LogP contribution in [-0.2, 0) is 20.8 Å². The molecule has 1 rings (SSSR count). The minimum Gasteiger partial charge on any atom is -0.480 e. The van der Waals surface area contributed by atoms with Crippen molar-refractivity contribution < 1.29 is 19.5 Å². The van der Waals surface area contributed by atoms with E-state index in [2.05, 4.69) is 57.5 Å². The minimum absolute atomic E-state index is 0.0358. The van der Waals surface area contributed by atoms with Crippen molar-refractivity contribution in [3.8, 4) is 0 Å². The maximum Gasteiger partial charge on any atom is 0.326 e. The van der Waals surface area contributed by atoms with Crippen molar-refractivity contribution in [1.29, 1.82) is 0 Å². The molecule has 3 N–H and O–H groups in total. The summed E-state index contributed by atoms with van der Waals surface area (Å²) in [6, 6.07) is 7.57. The van der Waals surface area contributed by atoms with Gasteiger partial charge in [-0.25, -0.2) is 4.79 Å². The van der Waals surface area contributed by atoms with Crippen LogP contribution in [0.15, 0.2) is 24.3 Å². The lowest BCUT2D eigenvalue weighted by atomic mass is 10.1. The first-order valence-corrected chi connectivity index (χ1v) is 11.0. The zero-order chi connectivity index (χ0) is 20.8. The van der Waals surface area contributed by atoms with Gasteiger partial charge in [0.05, 0.1) is 0 Å². The molecule has 156 valence electrons. The maximum atomic E-state index is 11.9. The summed E-state index contributed by atoms with van der Waals surface area (Å²) in [7, 11) is 0. The Morgan fingerprint density at radius 2 is 1.71 bits per heavy atom. The van der Waals surface area contributed by atoms with Gasteiger partial charge in [0.1, 0.15) is 6.04 Å². The molecule has 1 atom stereocenters. The van der Waals surface area contributed by atoms with E-state index < -0.39 is 12.0 Å². The second-order valence-electron chi connectivity index (χ2n) is 6.89. The first kappa shape index (κ1) is 24.4. The molecule has 0 saturated carbocycles. The predicted octanol–water partition coefficient (Wildman–Crippen LogP) is 3.66. The average molecular weight is 502 g/mol. The molecule has 1 aromatic rings. The molecule has 0 spiro atoms. The number of aliphatic carboxylic acids is 1. The predicted molar refractivity (Wildman–Crippen MR) is 118 cm³/mol. The Morgan fingerprint density at radius 1 is 1.00 bits per heavy atom. The van der Waals surface area contributed by atoms with Crippen molar-refractivity contribution in [3.63, 3.8) is 0 Å². The van der Waals surface area contributed by atoms with E-state index >= 15 is 0 Å². The lowest BCUT2D eigenvalue weighted by Gasteiger charge is -2.14. The number of carbonyl (C=O) groups excluding carboxylic acids is 2. The molecule has 0 bridgehead atoms. The van der Waals surface area contributed by atoms with Gasteiger partial charge in [0.25, 0.3) is 0 Å². The summed E-state index contributed by atoms with van der Waals surface area (Å²) in [4.78, 5) is 34.6. The highest BCUT2D eigenvalue weighted by molar-refractivity contribution is 14.1. The summed E-state index contributed by atoms with van der Waals surface area (Å²) >= 11 is 2.28. The number of aryl methyl sites for hydroxylation is 1. The molecular weight excluding hydrogens is 471 g/mol. The quantitative estimate of drug-likeness (QED) is 0.267. The number of hydrogen-bond donors (Lipinski definition) is 3. The molecule has 6 nitrogen and oxygen atoms in total. The number of unbranched alkanes of at least 4 members (excludes halogenated alkanes) is 2. The van der Waals surface area contributed by atoms with Crippen LogP contribution in [0, 0.1) is 3.57 Å². The van der Waals surface area contributed by atoms with E-state index in [-0.39, 0.29) is 11.8 Å². The van der Waals surface area contributed by atoms with Gasteiger partial charge in [-0.05, 0) is 85.2 Å². The standard InChI is InChI=1S/C21H31IN2O4/c1-2-7-20(26)24-18(21(27)28)9-5-6-15-23-19(25)10-4-3-8-16-11-13-17(22)14-12-16/h11-14,18H,2-10,15H2,1H3,(H,23,25)(H,24,26)(H,27,28)/t18-/m0/s1. The molecule has 0 aliphatic rings. The zero-order valence-corrected chi connectivity index (χ0v) is 18.7. The topological polar surface area (TPSA) is 95.5 Å². The smallest absolute Gasteiger partial charge is 0.326 e. The fourth-order valence-corrected chi connectivity index (χ4v) is 3.17. The summed E-state index contributed by atoms with van der Waals surface area (Å²) in [5, 5.41) is 14.6. The van der Waals surface area contributed by atoms with E-state index in [0.717, 1.165) is 19.3 Å². The third-order valence-corrected chi connectivity index (χ3v) is 5.10. The molecule has 0 saturated heterocycles. The average Bonchev–Trinajstić information content (AvgIpc) is 2.65. The van der Waals surface area contributed by atoms with Crippen LogP contribution >= 0.6 is 22.6 Å². The fraction of sp³-hybridized carbons (Fsp3) is 0.571. The minimum atomic E-state index is -1.01. The number of amides is 2. The van der Waals surface area contributed by atoms with E-state index in [1.54, 1.807) is 0 Å². The summed E-state index contributed by atoms with van der Waals surface area (Å²) in [5.41, 5.74) is 1.29. The molecular formula is C21H31IN2O4. The van der Waals surface area contributed by atoms with Crippen LogP contribution in [0.2, 0.25) is 0 Å². The van der Waals surface area contributed by atoms with Gasteiger partial charge in [0, 0.05) is 23.0 Å². The number of nitrogens with one attached hydrogen (secondary N) is 2. The van der Waals surface area contributed by atoms with E-state index in [0.29, 0.717) is 45.1 Å². The van der Waals surface area contributed by atoms with Crippen LogP contribution in [0.5, 0.6) is 0 Å².